The van der Waals surface area contributed by atoms with E-state index in [1.54, 1.807) is 6.33 Å². The number of imidazole rings is 1. The molecular formula is C13H12ClN5. The maximum Gasteiger partial charge on any atom is 0.153 e. The summed E-state index contributed by atoms with van der Waals surface area (Å²) in [6.45, 7) is 0. The van der Waals surface area contributed by atoms with Crippen LogP contribution >= 0.6 is 11.6 Å². The number of aromatic nitrogens is 4. The van der Waals surface area contributed by atoms with Crippen molar-refractivity contribution in [3.8, 4) is 22.5 Å². The zero-order valence-corrected chi connectivity index (χ0v) is 11.0. The molecule has 96 valence electrons. The highest BCUT2D eigenvalue weighted by atomic mass is 35.5. The Morgan fingerprint density at radius 1 is 1.26 bits per heavy atom. The van der Waals surface area contributed by atoms with Crippen molar-refractivity contribution >= 4 is 17.4 Å². The first-order chi connectivity index (χ1) is 9.15. The molecule has 0 spiro atoms. The van der Waals surface area contributed by atoms with Crippen molar-refractivity contribution in [1.82, 2.24) is 19.7 Å². The Kier molecular flexibility index (Phi) is 2.76. The van der Waals surface area contributed by atoms with Crippen LogP contribution in [0.15, 0.2) is 36.8 Å². The lowest BCUT2D eigenvalue weighted by Crippen LogP contribution is -1.88. The van der Waals surface area contributed by atoms with Crippen LogP contribution in [0.4, 0.5) is 5.82 Å². The van der Waals surface area contributed by atoms with Gasteiger partial charge in [-0.25, -0.2) is 4.98 Å². The Morgan fingerprint density at radius 2 is 2.00 bits per heavy atom. The summed E-state index contributed by atoms with van der Waals surface area (Å²) >= 11 is 5.90. The molecule has 1 aromatic carbocycles. The Labute approximate surface area is 115 Å². The highest BCUT2D eigenvalue weighted by molar-refractivity contribution is 6.30. The molecule has 0 aliphatic heterocycles. The molecule has 0 saturated carbocycles. The van der Waals surface area contributed by atoms with Gasteiger partial charge in [0.2, 0.25) is 0 Å². The average Bonchev–Trinajstić information content (AvgIpc) is 2.97. The van der Waals surface area contributed by atoms with E-state index < -0.39 is 0 Å². The standard InChI is InChI=1S/C13H12ClN5/c1-19-6-10(16-7-19)12-11(13(15)18-17-12)8-2-4-9(14)5-3-8/h2-7H,1H3,(H3,15,17,18). The third-order valence-corrected chi connectivity index (χ3v) is 3.14. The van der Waals surface area contributed by atoms with Crippen molar-refractivity contribution < 1.29 is 0 Å². The minimum Gasteiger partial charge on any atom is -0.382 e. The maximum atomic E-state index is 5.95. The lowest BCUT2D eigenvalue weighted by atomic mass is 10.0. The number of aromatic amines is 1. The smallest absolute Gasteiger partial charge is 0.153 e. The summed E-state index contributed by atoms with van der Waals surface area (Å²) in [7, 11) is 1.91. The fourth-order valence-electron chi connectivity index (χ4n) is 1.99. The molecule has 0 saturated heterocycles. The summed E-state index contributed by atoms with van der Waals surface area (Å²) in [5.74, 6) is 0.447. The number of hydrogen-bond acceptors (Lipinski definition) is 3. The van der Waals surface area contributed by atoms with E-state index in [1.165, 1.54) is 0 Å². The minimum absolute atomic E-state index is 0.447. The lowest BCUT2D eigenvalue weighted by Gasteiger charge is -2.02. The minimum atomic E-state index is 0.447. The van der Waals surface area contributed by atoms with Gasteiger partial charge in [-0.2, -0.15) is 5.10 Å². The number of hydrogen-bond donors (Lipinski definition) is 2. The Bertz CT molecular complexity index is 711. The van der Waals surface area contributed by atoms with Crippen LogP contribution in [-0.2, 0) is 7.05 Å². The van der Waals surface area contributed by atoms with Crippen LogP contribution in [0, 0.1) is 0 Å². The molecule has 3 aromatic rings. The highest BCUT2D eigenvalue weighted by Gasteiger charge is 2.16. The number of nitrogens with zero attached hydrogens (tertiary/aromatic N) is 3. The van der Waals surface area contributed by atoms with Crippen molar-refractivity contribution in [2.24, 2.45) is 7.05 Å². The summed E-state index contributed by atoms with van der Waals surface area (Å²) in [6, 6.07) is 7.48. The molecule has 3 N–H and O–H groups in total. The van der Waals surface area contributed by atoms with E-state index in [0.717, 1.165) is 22.5 Å². The molecule has 0 aliphatic rings. The number of nitrogens with one attached hydrogen (secondary N) is 1. The van der Waals surface area contributed by atoms with Crippen molar-refractivity contribution in [2.75, 3.05) is 5.73 Å². The Balaban J connectivity index is 2.16. The third-order valence-electron chi connectivity index (χ3n) is 2.89. The number of nitrogen functional groups attached to an aromatic ring is 1. The van der Waals surface area contributed by atoms with E-state index >= 15 is 0 Å². The molecule has 2 heterocycles. The van der Waals surface area contributed by atoms with E-state index in [1.807, 2.05) is 42.1 Å². The van der Waals surface area contributed by atoms with Crippen LogP contribution in [0.5, 0.6) is 0 Å². The van der Waals surface area contributed by atoms with Crippen molar-refractivity contribution in [1.29, 1.82) is 0 Å². The number of aryl methyl sites for hydroxylation is 1. The average molecular weight is 274 g/mol. The first-order valence-electron chi connectivity index (χ1n) is 5.73. The number of anilines is 1. The van der Waals surface area contributed by atoms with E-state index in [4.69, 9.17) is 17.3 Å². The monoisotopic (exact) mass is 273 g/mol. The largest absolute Gasteiger partial charge is 0.382 e. The molecular weight excluding hydrogens is 262 g/mol. The zero-order valence-electron chi connectivity index (χ0n) is 10.3. The second-order valence-electron chi connectivity index (χ2n) is 4.29. The molecule has 0 radical (unpaired) electrons. The molecule has 0 fully saturated rings. The van der Waals surface area contributed by atoms with Crippen LogP contribution in [0.1, 0.15) is 0 Å². The normalized spacial score (nSPS) is 10.8. The van der Waals surface area contributed by atoms with Crippen LogP contribution in [0.25, 0.3) is 22.5 Å². The molecule has 0 unspecified atom stereocenters. The highest BCUT2D eigenvalue weighted by Crippen LogP contribution is 2.34. The van der Waals surface area contributed by atoms with Gasteiger partial charge in [-0.05, 0) is 17.7 Å². The summed E-state index contributed by atoms with van der Waals surface area (Å²) in [5, 5.41) is 7.69. The van der Waals surface area contributed by atoms with Crippen molar-refractivity contribution in [2.45, 2.75) is 0 Å². The van der Waals surface area contributed by atoms with Crippen LogP contribution in [-0.4, -0.2) is 19.7 Å². The Hall–Kier alpha value is -2.27. The first-order valence-corrected chi connectivity index (χ1v) is 6.11. The topological polar surface area (TPSA) is 72.5 Å². The maximum absolute atomic E-state index is 5.95. The number of H-pyrrole nitrogens is 1. The summed E-state index contributed by atoms with van der Waals surface area (Å²) in [5.41, 5.74) is 9.35. The Morgan fingerprint density at radius 3 is 2.63 bits per heavy atom. The van der Waals surface area contributed by atoms with Crippen LogP contribution in [0.3, 0.4) is 0 Å². The van der Waals surface area contributed by atoms with Gasteiger partial charge in [0, 0.05) is 18.3 Å². The number of rotatable bonds is 2. The first kappa shape index (κ1) is 11.8. The predicted molar refractivity (Wildman–Crippen MR) is 75.6 cm³/mol. The second-order valence-corrected chi connectivity index (χ2v) is 4.73. The van der Waals surface area contributed by atoms with Crippen molar-refractivity contribution in [3.63, 3.8) is 0 Å². The second kappa shape index (κ2) is 4.44. The van der Waals surface area contributed by atoms with Gasteiger partial charge in [0.1, 0.15) is 5.69 Å². The van der Waals surface area contributed by atoms with Crippen LogP contribution < -0.4 is 5.73 Å². The van der Waals surface area contributed by atoms with Gasteiger partial charge in [0.25, 0.3) is 0 Å². The predicted octanol–water partition coefficient (Wildman–Crippen LogP) is 2.71. The van der Waals surface area contributed by atoms with Gasteiger partial charge >= 0.3 is 0 Å². The van der Waals surface area contributed by atoms with Gasteiger partial charge in [0.15, 0.2) is 5.82 Å². The third kappa shape index (κ3) is 2.08. The van der Waals surface area contributed by atoms with E-state index in [2.05, 4.69) is 15.2 Å². The molecule has 19 heavy (non-hydrogen) atoms. The molecule has 0 aliphatic carbocycles. The quantitative estimate of drug-likeness (QED) is 0.754. The fraction of sp³-hybridized carbons (Fsp3) is 0.0769. The molecule has 2 aromatic heterocycles. The van der Waals surface area contributed by atoms with E-state index in [-0.39, 0.29) is 0 Å². The van der Waals surface area contributed by atoms with E-state index in [0.29, 0.717) is 10.8 Å². The van der Waals surface area contributed by atoms with Gasteiger partial charge in [-0.1, -0.05) is 23.7 Å². The molecule has 5 nitrogen and oxygen atoms in total. The number of nitrogens with two attached hydrogens (primary N) is 1. The molecule has 6 heteroatoms. The fourth-order valence-corrected chi connectivity index (χ4v) is 2.12. The molecule has 0 atom stereocenters. The molecule has 3 rings (SSSR count). The summed E-state index contributed by atoms with van der Waals surface area (Å²) < 4.78 is 1.87. The number of halogens is 1. The molecule has 0 amide bonds. The van der Waals surface area contributed by atoms with Crippen molar-refractivity contribution in [3.05, 3.63) is 41.8 Å². The van der Waals surface area contributed by atoms with Gasteiger partial charge < -0.3 is 10.3 Å². The summed E-state index contributed by atoms with van der Waals surface area (Å²) in [6.07, 6.45) is 3.64. The molecule has 0 bridgehead atoms. The van der Waals surface area contributed by atoms with Gasteiger partial charge in [-0.3, -0.25) is 5.10 Å². The van der Waals surface area contributed by atoms with Gasteiger partial charge in [0.05, 0.1) is 17.6 Å². The summed E-state index contributed by atoms with van der Waals surface area (Å²) in [4.78, 5) is 4.31. The SMILES string of the molecule is Cn1cnc(-c2[nH]nc(N)c2-c2ccc(Cl)cc2)c1. The van der Waals surface area contributed by atoms with Crippen LogP contribution in [0.2, 0.25) is 5.02 Å². The zero-order chi connectivity index (χ0) is 13.4. The van der Waals surface area contributed by atoms with Gasteiger partial charge in [-0.15, -0.1) is 0 Å². The van der Waals surface area contributed by atoms with E-state index in [9.17, 15) is 0 Å². The number of benzene rings is 1. The lowest BCUT2D eigenvalue weighted by molar-refractivity contribution is 0.913.